The molecule has 1 N–H and O–H groups in total. The minimum absolute atomic E-state index is 0.202. The second-order valence-corrected chi connectivity index (χ2v) is 8.08. The Balaban J connectivity index is 1.87. The highest BCUT2D eigenvalue weighted by Gasteiger charge is 2.26. The van der Waals surface area contributed by atoms with Gasteiger partial charge in [0.25, 0.3) is 0 Å². The first-order valence-corrected chi connectivity index (χ1v) is 9.31. The van der Waals surface area contributed by atoms with Gasteiger partial charge in [0.2, 0.25) is 10.0 Å². The van der Waals surface area contributed by atoms with E-state index in [1.54, 1.807) is 11.2 Å². The third-order valence-electron chi connectivity index (χ3n) is 4.42. The lowest BCUT2D eigenvalue weighted by Gasteiger charge is -2.31. The summed E-state index contributed by atoms with van der Waals surface area (Å²) < 4.78 is 25.3. The fraction of sp³-hybridized carbons (Fsp3) is 0.625. The number of nitrogens with one attached hydrogen (secondary N) is 1. The monoisotopic (exact) mass is 310 g/mol. The van der Waals surface area contributed by atoms with Crippen molar-refractivity contribution in [2.75, 3.05) is 18.8 Å². The first kappa shape index (κ1) is 16.5. The standard InChI is InChI=1S/C16H26N2O2S/c1-4-21(19,20)18-10-8-15(9-11-18)17-12-16-13(2)6-5-7-14(16)3/h5-7,15,17H,4,8-12H2,1-3H3. The summed E-state index contributed by atoms with van der Waals surface area (Å²) in [5, 5.41) is 3.59. The van der Waals surface area contributed by atoms with Crippen molar-refractivity contribution < 1.29 is 8.42 Å². The fourth-order valence-electron chi connectivity index (χ4n) is 2.89. The number of benzene rings is 1. The number of nitrogens with zero attached hydrogens (tertiary/aromatic N) is 1. The van der Waals surface area contributed by atoms with Gasteiger partial charge < -0.3 is 5.32 Å². The van der Waals surface area contributed by atoms with E-state index in [1.165, 1.54) is 16.7 Å². The molecule has 0 atom stereocenters. The maximum atomic E-state index is 11.8. The number of sulfonamides is 1. The highest BCUT2D eigenvalue weighted by Crippen LogP contribution is 2.17. The zero-order chi connectivity index (χ0) is 15.5. The van der Waals surface area contributed by atoms with E-state index in [2.05, 4.69) is 37.4 Å². The molecule has 4 nitrogen and oxygen atoms in total. The van der Waals surface area contributed by atoms with Crippen molar-refractivity contribution in [2.24, 2.45) is 0 Å². The molecule has 0 radical (unpaired) electrons. The van der Waals surface area contributed by atoms with Gasteiger partial charge in [-0.25, -0.2) is 12.7 Å². The van der Waals surface area contributed by atoms with E-state index in [9.17, 15) is 8.42 Å². The first-order valence-electron chi connectivity index (χ1n) is 7.70. The largest absolute Gasteiger partial charge is 0.310 e. The van der Waals surface area contributed by atoms with Gasteiger partial charge in [0.1, 0.15) is 0 Å². The van der Waals surface area contributed by atoms with E-state index in [0.29, 0.717) is 19.1 Å². The molecule has 0 bridgehead atoms. The zero-order valence-corrected chi connectivity index (χ0v) is 14.0. The van der Waals surface area contributed by atoms with Gasteiger partial charge in [0, 0.05) is 25.7 Å². The van der Waals surface area contributed by atoms with Gasteiger partial charge in [-0.15, -0.1) is 0 Å². The van der Waals surface area contributed by atoms with Crippen LogP contribution in [0.5, 0.6) is 0 Å². The smallest absolute Gasteiger partial charge is 0.213 e. The first-order chi connectivity index (χ1) is 9.94. The molecule has 1 aliphatic rings. The average Bonchev–Trinajstić information content (AvgIpc) is 2.47. The van der Waals surface area contributed by atoms with E-state index in [-0.39, 0.29) is 5.75 Å². The molecule has 0 unspecified atom stereocenters. The maximum Gasteiger partial charge on any atom is 0.213 e. The quantitative estimate of drug-likeness (QED) is 0.907. The molecule has 0 spiro atoms. The second kappa shape index (κ2) is 6.90. The lowest BCUT2D eigenvalue weighted by atomic mass is 10.0. The van der Waals surface area contributed by atoms with Crippen LogP contribution >= 0.6 is 0 Å². The van der Waals surface area contributed by atoms with Gasteiger partial charge in [0.15, 0.2) is 0 Å². The van der Waals surface area contributed by atoms with E-state index in [0.717, 1.165) is 19.4 Å². The molecule has 0 aromatic heterocycles. The molecule has 1 heterocycles. The summed E-state index contributed by atoms with van der Waals surface area (Å²) in [6.45, 7) is 8.13. The van der Waals surface area contributed by atoms with E-state index < -0.39 is 10.0 Å². The molecule has 1 aliphatic heterocycles. The normalized spacial score (nSPS) is 18.0. The second-order valence-electron chi connectivity index (χ2n) is 5.83. The summed E-state index contributed by atoms with van der Waals surface area (Å²) in [6.07, 6.45) is 1.79. The molecule has 0 saturated carbocycles. The Morgan fingerprint density at radius 2 is 1.76 bits per heavy atom. The van der Waals surface area contributed by atoms with Crippen LogP contribution < -0.4 is 5.32 Å². The van der Waals surface area contributed by atoms with Crippen molar-refractivity contribution in [3.63, 3.8) is 0 Å². The third-order valence-corrected chi connectivity index (χ3v) is 6.31. The van der Waals surface area contributed by atoms with Gasteiger partial charge in [0.05, 0.1) is 5.75 Å². The van der Waals surface area contributed by atoms with Gasteiger partial charge in [-0.05, 0) is 50.3 Å². The average molecular weight is 310 g/mol. The minimum Gasteiger partial charge on any atom is -0.310 e. The van der Waals surface area contributed by atoms with Crippen molar-refractivity contribution in [2.45, 2.75) is 46.2 Å². The van der Waals surface area contributed by atoms with Crippen LogP contribution in [0, 0.1) is 13.8 Å². The van der Waals surface area contributed by atoms with Crippen molar-refractivity contribution >= 4 is 10.0 Å². The zero-order valence-electron chi connectivity index (χ0n) is 13.2. The Labute approximate surface area is 128 Å². The number of rotatable bonds is 5. The Bertz CT molecular complexity index is 556. The Morgan fingerprint density at radius 3 is 2.29 bits per heavy atom. The molecule has 5 heteroatoms. The van der Waals surface area contributed by atoms with Crippen LogP contribution in [0.1, 0.15) is 36.5 Å². The van der Waals surface area contributed by atoms with E-state index >= 15 is 0 Å². The molecule has 21 heavy (non-hydrogen) atoms. The summed E-state index contributed by atoms with van der Waals surface area (Å²) in [7, 11) is -3.02. The van der Waals surface area contributed by atoms with Crippen molar-refractivity contribution in [1.29, 1.82) is 0 Å². The Hall–Kier alpha value is -0.910. The number of hydrogen-bond donors (Lipinski definition) is 1. The SMILES string of the molecule is CCS(=O)(=O)N1CCC(NCc2c(C)cccc2C)CC1. The number of hydrogen-bond acceptors (Lipinski definition) is 3. The van der Waals surface area contributed by atoms with E-state index in [4.69, 9.17) is 0 Å². The fourth-order valence-corrected chi connectivity index (χ4v) is 4.03. The van der Waals surface area contributed by atoms with Gasteiger partial charge >= 0.3 is 0 Å². The highest BCUT2D eigenvalue weighted by molar-refractivity contribution is 7.89. The van der Waals surface area contributed by atoms with Crippen molar-refractivity contribution in [1.82, 2.24) is 9.62 Å². The van der Waals surface area contributed by atoms with Crippen LogP contribution in [-0.4, -0.2) is 37.6 Å². The summed E-state index contributed by atoms with van der Waals surface area (Å²) in [6, 6.07) is 6.77. The predicted molar refractivity (Wildman–Crippen MR) is 86.8 cm³/mol. The molecule has 1 aromatic rings. The number of piperidine rings is 1. The van der Waals surface area contributed by atoms with Gasteiger partial charge in [-0.3, -0.25) is 0 Å². The lowest BCUT2D eigenvalue weighted by molar-refractivity contribution is 0.289. The summed E-state index contributed by atoms with van der Waals surface area (Å²) in [5.41, 5.74) is 3.99. The third kappa shape index (κ3) is 4.05. The van der Waals surface area contributed by atoms with Crippen LogP contribution in [0.25, 0.3) is 0 Å². The van der Waals surface area contributed by atoms with Crippen LogP contribution in [-0.2, 0) is 16.6 Å². The molecule has 2 rings (SSSR count). The maximum absolute atomic E-state index is 11.8. The molecule has 1 saturated heterocycles. The predicted octanol–water partition coefficient (Wildman–Crippen LogP) is 2.21. The molecule has 0 amide bonds. The molecular weight excluding hydrogens is 284 g/mol. The molecule has 118 valence electrons. The molecule has 0 aliphatic carbocycles. The topological polar surface area (TPSA) is 49.4 Å². The van der Waals surface area contributed by atoms with Gasteiger partial charge in [-0.2, -0.15) is 0 Å². The summed E-state index contributed by atoms with van der Waals surface area (Å²) in [4.78, 5) is 0. The van der Waals surface area contributed by atoms with Crippen molar-refractivity contribution in [3.8, 4) is 0 Å². The molecule has 1 fully saturated rings. The molecular formula is C16H26N2O2S. The highest BCUT2D eigenvalue weighted by atomic mass is 32.2. The lowest BCUT2D eigenvalue weighted by Crippen LogP contribution is -2.45. The number of aryl methyl sites for hydroxylation is 2. The minimum atomic E-state index is -3.02. The van der Waals surface area contributed by atoms with Crippen LogP contribution in [0.15, 0.2) is 18.2 Å². The summed E-state index contributed by atoms with van der Waals surface area (Å²) >= 11 is 0. The van der Waals surface area contributed by atoms with Crippen LogP contribution in [0.4, 0.5) is 0 Å². The van der Waals surface area contributed by atoms with E-state index in [1.807, 2.05) is 0 Å². The van der Waals surface area contributed by atoms with Crippen LogP contribution in [0.2, 0.25) is 0 Å². The Morgan fingerprint density at radius 1 is 1.19 bits per heavy atom. The van der Waals surface area contributed by atoms with Crippen LogP contribution in [0.3, 0.4) is 0 Å². The molecule has 1 aromatic carbocycles. The summed E-state index contributed by atoms with van der Waals surface area (Å²) in [5.74, 6) is 0.202. The van der Waals surface area contributed by atoms with Gasteiger partial charge in [-0.1, -0.05) is 18.2 Å². The Kier molecular flexibility index (Phi) is 5.41. The van der Waals surface area contributed by atoms with Crippen molar-refractivity contribution in [3.05, 3.63) is 34.9 Å².